The molecule has 0 radical (unpaired) electrons. The Balaban J connectivity index is 1.66. The Morgan fingerprint density at radius 1 is 1.15 bits per heavy atom. The molecule has 1 aromatic heterocycles. The van der Waals surface area contributed by atoms with Gasteiger partial charge in [0.1, 0.15) is 0 Å². The third-order valence-corrected chi connectivity index (χ3v) is 4.89. The zero-order chi connectivity index (χ0) is 13.5. The van der Waals surface area contributed by atoms with Crippen molar-refractivity contribution >= 4 is 6.20 Å². The summed E-state index contributed by atoms with van der Waals surface area (Å²) >= 11 is 0. The SMILES string of the molecule is C=Cn1ccc2c1CC1CCC2N1Cc1ccccc1. The predicted molar refractivity (Wildman–Crippen MR) is 82.3 cm³/mol. The standard InChI is InChI=1S/C18H20N2/c1-2-19-11-10-16-17-9-8-15(12-18(16)19)20(17)13-14-6-4-3-5-7-14/h2-7,10-11,15,17H,1,8-9,12-13H2. The van der Waals surface area contributed by atoms with Crippen LogP contribution < -0.4 is 0 Å². The summed E-state index contributed by atoms with van der Waals surface area (Å²) < 4.78 is 2.21. The van der Waals surface area contributed by atoms with Gasteiger partial charge in [0.2, 0.25) is 0 Å². The maximum absolute atomic E-state index is 3.92. The van der Waals surface area contributed by atoms with Crippen LogP contribution in [0.1, 0.15) is 35.7 Å². The molecule has 3 heterocycles. The van der Waals surface area contributed by atoms with Crippen LogP contribution in [-0.2, 0) is 13.0 Å². The molecule has 102 valence electrons. The quantitative estimate of drug-likeness (QED) is 0.817. The van der Waals surface area contributed by atoms with Crippen LogP contribution in [0.2, 0.25) is 0 Å². The van der Waals surface area contributed by atoms with E-state index in [0.717, 1.165) is 13.0 Å². The summed E-state index contributed by atoms with van der Waals surface area (Å²) in [4.78, 5) is 2.70. The number of benzene rings is 1. The highest BCUT2D eigenvalue weighted by molar-refractivity contribution is 5.38. The summed E-state index contributed by atoms with van der Waals surface area (Å²) in [5.41, 5.74) is 4.43. The molecule has 2 aliphatic rings. The van der Waals surface area contributed by atoms with Crippen molar-refractivity contribution in [3.05, 3.63) is 66.0 Å². The van der Waals surface area contributed by atoms with Gasteiger partial charge in [-0.3, -0.25) is 4.90 Å². The summed E-state index contributed by atoms with van der Waals surface area (Å²) in [6.45, 7) is 5.00. The van der Waals surface area contributed by atoms with Crippen LogP contribution >= 0.6 is 0 Å². The van der Waals surface area contributed by atoms with Gasteiger partial charge in [-0.05, 0) is 30.0 Å². The summed E-state index contributed by atoms with van der Waals surface area (Å²) in [5.74, 6) is 0. The Kier molecular flexibility index (Phi) is 2.78. The molecule has 1 aromatic carbocycles. The maximum Gasteiger partial charge on any atom is 0.0373 e. The van der Waals surface area contributed by atoms with Crippen molar-refractivity contribution in [1.29, 1.82) is 0 Å². The van der Waals surface area contributed by atoms with Gasteiger partial charge in [-0.25, -0.2) is 0 Å². The molecule has 4 rings (SSSR count). The molecule has 0 saturated carbocycles. The summed E-state index contributed by atoms with van der Waals surface area (Å²) in [5, 5.41) is 0. The molecule has 20 heavy (non-hydrogen) atoms. The predicted octanol–water partition coefficient (Wildman–Crippen LogP) is 3.85. The normalized spacial score (nSPS) is 24.6. The highest BCUT2D eigenvalue weighted by Gasteiger charge is 2.40. The fourth-order valence-electron chi connectivity index (χ4n) is 3.94. The molecule has 2 bridgehead atoms. The van der Waals surface area contributed by atoms with Crippen LogP contribution in [0, 0.1) is 0 Å². The van der Waals surface area contributed by atoms with Crippen molar-refractivity contribution in [3.8, 4) is 0 Å². The molecule has 2 unspecified atom stereocenters. The lowest BCUT2D eigenvalue weighted by molar-refractivity contribution is 0.167. The zero-order valence-electron chi connectivity index (χ0n) is 11.7. The highest BCUT2D eigenvalue weighted by Crippen LogP contribution is 2.44. The molecule has 2 aliphatic heterocycles. The number of aromatic nitrogens is 1. The van der Waals surface area contributed by atoms with Gasteiger partial charge in [-0.1, -0.05) is 36.9 Å². The van der Waals surface area contributed by atoms with E-state index in [4.69, 9.17) is 0 Å². The summed E-state index contributed by atoms with van der Waals surface area (Å²) in [6, 6.07) is 14.4. The van der Waals surface area contributed by atoms with E-state index in [1.54, 1.807) is 0 Å². The van der Waals surface area contributed by atoms with Crippen molar-refractivity contribution in [2.75, 3.05) is 0 Å². The molecule has 0 aliphatic carbocycles. The molecule has 2 heteroatoms. The first-order chi connectivity index (χ1) is 9.86. The van der Waals surface area contributed by atoms with Gasteiger partial charge in [-0.15, -0.1) is 0 Å². The monoisotopic (exact) mass is 264 g/mol. The lowest BCUT2D eigenvalue weighted by Crippen LogP contribution is -2.37. The van der Waals surface area contributed by atoms with E-state index in [2.05, 4.69) is 58.6 Å². The Hall–Kier alpha value is -1.80. The molecule has 2 atom stereocenters. The molecule has 2 nitrogen and oxygen atoms in total. The topological polar surface area (TPSA) is 8.17 Å². The molecule has 0 amide bonds. The Morgan fingerprint density at radius 2 is 2.00 bits per heavy atom. The zero-order valence-corrected chi connectivity index (χ0v) is 11.7. The van der Waals surface area contributed by atoms with Crippen molar-refractivity contribution in [3.63, 3.8) is 0 Å². The van der Waals surface area contributed by atoms with Crippen LogP contribution in [0.4, 0.5) is 0 Å². The molecule has 1 saturated heterocycles. The second kappa shape index (κ2) is 4.64. The lowest BCUT2D eigenvalue weighted by atomic mass is 9.99. The Morgan fingerprint density at radius 3 is 2.80 bits per heavy atom. The van der Waals surface area contributed by atoms with E-state index >= 15 is 0 Å². The third kappa shape index (κ3) is 1.75. The van der Waals surface area contributed by atoms with E-state index in [9.17, 15) is 0 Å². The minimum Gasteiger partial charge on any atom is -0.328 e. The van der Waals surface area contributed by atoms with Gasteiger partial charge in [0.25, 0.3) is 0 Å². The number of fused-ring (bicyclic) bond motifs is 4. The fourth-order valence-corrected chi connectivity index (χ4v) is 3.94. The number of rotatable bonds is 3. The Labute approximate surface area is 120 Å². The van der Waals surface area contributed by atoms with E-state index < -0.39 is 0 Å². The van der Waals surface area contributed by atoms with Crippen LogP contribution in [-0.4, -0.2) is 15.5 Å². The molecular formula is C18H20N2. The number of hydrogen-bond donors (Lipinski definition) is 0. The van der Waals surface area contributed by atoms with Gasteiger partial charge in [-0.2, -0.15) is 0 Å². The molecule has 0 N–H and O–H groups in total. The first kappa shape index (κ1) is 12.0. The molecule has 2 aromatic rings. The van der Waals surface area contributed by atoms with Crippen molar-refractivity contribution in [2.24, 2.45) is 0 Å². The summed E-state index contributed by atoms with van der Waals surface area (Å²) in [7, 11) is 0. The lowest BCUT2D eigenvalue weighted by Gasteiger charge is -2.35. The molecule has 1 fully saturated rings. The van der Waals surface area contributed by atoms with Gasteiger partial charge in [0.15, 0.2) is 0 Å². The van der Waals surface area contributed by atoms with Crippen LogP contribution in [0.3, 0.4) is 0 Å². The van der Waals surface area contributed by atoms with Crippen molar-refractivity contribution in [1.82, 2.24) is 9.47 Å². The van der Waals surface area contributed by atoms with E-state index in [0.29, 0.717) is 12.1 Å². The van der Waals surface area contributed by atoms with E-state index in [1.165, 1.54) is 29.7 Å². The maximum atomic E-state index is 3.92. The van der Waals surface area contributed by atoms with Crippen LogP contribution in [0.5, 0.6) is 0 Å². The first-order valence-corrected chi connectivity index (χ1v) is 7.48. The minimum atomic E-state index is 0.602. The van der Waals surface area contributed by atoms with Gasteiger partial charge < -0.3 is 4.57 Å². The first-order valence-electron chi connectivity index (χ1n) is 7.48. The average Bonchev–Trinajstić information content (AvgIpc) is 3.01. The van der Waals surface area contributed by atoms with E-state index in [1.807, 2.05) is 6.20 Å². The largest absolute Gasteiger partial charge is 0.328 e. The molecule has 0 spiro atoms. The second-order valence-electron chi connectivity index (χ2n) is 5.92. The highest BCUT2D eigenvalue weighted by atomic mass is 15.2. The fraction of sp³-hybridized carbons (Fsp3) is 0.333. The van der Waals surface area contributed by atoms with Crippen molar-refractivity contribution in [2.45, 2.75) is 37.9 Å². The summed E-state index contributed by atoms with van der Waals surface area (Å²) in [6.07, 6.45) is 7.89. The smallest absolute Gasteiger partial charge is 0.0373 e. The third-order valence-electron chi connectivity index (χ3n) is 4.89. The van der Waals surface area contributed by atoms with Crippen molar-refractivity contribution < 1.29 is 0 Å². The Bertz CT molecular complexity index is 626. The number of nitrogens with zero attached hydrogens (tertiary/aromatic N) is 2. The van der Waals surface area contributed by atoms with Gasteiger partial charge in [0, 0.05) is 43.1 Å². The van der Waals surface area contributed by atoms with Crippen LogP contribution in [0.15, 0.2) is 49.2 Å². The van der Waals surface area contributed by atoms with Crippen LogP contribution in [0.25, 0.3) is 6.20 Å². The van der Waals surface area contributed by atoms with E-state index in [-0.39, 0.29) is 0 Å². The number of hydrogen-bond acceptors (Lipinski definition) is 1. The molecular weight excluding hydrogens is 244 g/mol. The second-order valence-corrected chi connectivity index (χ2v) is 5.92. The van der Waals surface area contributed by atoms with Gasteiger partial charge in [0.05, 0.1) is 0 Å². The minimum absolute atomic E-state index is 0.602. The average molecular weight is 264 g/mol. The van der Waals surface area contributed by atoms with Gasteiger partial charge >= 0.3 is 0 Å².